The molecule has 5 nitrogen and oxygen atoms in total. The van der Waals surface area contributed by atoms with Crippen LogP contribution in [0.4, 0.5) is 5.69 Å². The molecule has 3 aromatic rings. The van der Waals surface area contributed by atoms with Crippen LogP contribution in [0.3, 0.4) is 0 Å². The van der Waals surface area contributed by atoms with E-state index in [1.807, 2.05) is 25.1 Å². The van der Waals surface area contributed by atoms with Crippen molar-refractivity contribution in [3.05, 3.63) is 59.8 Å². The smallest absolute Gasteiger partial charge is 0.262 e. The van der Waals surface area contributed by atoms with Crippen LogP contribution in [0, 0.1) is 13.8 Å². The Labute approximate surface area is 141 Å². The van der Waals surface area contributed by atoms with Crippen LogP contribution in [-0.2, 0) is 10.0 Å². The van der Waals surface area contributed by atoms with Gasteiger partial charge in [-0.2, -0.15) is 0 Å². The van der Waals surface area contributed by atoms with Crippen LogP contribution in [0.5, 0.6) is 5.75 Å². The zero-order chi connectivity index (χ0) is 17.3. The molecule has 0 saturated heterocycles. The molecule has 0 fully saturated rings. The largest absolute Gasteiger partial charge is 0.497 e. The Morgan fingerprint density at radius 2 is 1.88 bits per heavy atom. The van der Waals surface area contributed by atoms with Gasteiger partial charge in [-0.15, -0.1) is 0 Å². The molecule has 0 atom stereocenters. The van der Waals surface area contributed by atoms with Crippen molar-refractivity contribution in [1.29, 1.82) is 0 Å². The van der Waals surface area contributed by atoms with Gasteiger partial charge in [0.1, 0.15) is 5.75 Å². The zero-order valence-corrected chi connectivity index (χ0v) is 14.5. The number of methoxy groups -OCH3 is 1. The lowest BCUT2D eigenvalue weighted by molar-refractivity contribution is 0.414. The standard InChI is InChI=1S/C18H18N2O3S/c1-12-9-14-5-4-8-19-18(14)16(10-12)20-24(21,22)17-7-6-15(23-3)11-13(17)2/h4-11,20H,1-3H3. The minimum absolute atomic E-state index is 0.217. The lowest BCUT2D eigenvalue weighted by Crippen LogP contribution is -2.15. The summed E-state index contributed by atoms with van der Waals surface area (Å²) in [5, 5.41) is 0.890. The molecular weight excluding hydrogens is 324 g/mol. The van der Waals surface area contributed by atoms with Gasteiger partial charge in [-0.05, 0) is 61.4 Å². The van der Waals surface area contributed by atoms with Crippen molar-refractivity contribution < 1.29 is 13.2 Å². The predicted molar refractivity (Wildman–Crippen MR) is 95.0 cm³/mol. The summed E-state index contributed by atoms with van der Waals surface area (Å²) in [7, 11) is -2.18. The van der Waals surface area contributed by atoms with Gasteiger partial charge in [0, 0.05) is 11.6 Å². The van der Waals surface area contributed by atoms with Crippen LogP contribution in [-0.4, -0.2) is 20.5 Å². The lowest BCUT2D eigenvalue weighted by Gasteiger charge is -2.13. The van der Waals surface area contributed by atoms with Crippen LogP contribution in [0.2, 0.25) is 0 Å². The topological polar surface area (TPSA) is 68.3 Å². The summed E-state index contributed by atoms with van der Waals surface area (Å²) in [6, 6.07) is 12.4. The molecule has 124 valence electrons. The monoisotopic (exact) mass is 342 g/mol. The van der Waals surface area contributed by atoms with E-state index in [4.69, 9.17) is 4.74 Å². The molecule has 0 aliphatic heterocycles. The Morgan fingerprint density at radius 3 is 2.58 bits per heavy atom. The molecule has 0 aliphatic carbocycles. The molecule has 0 amide bonds. The molecule has 0 saturated carbocycles. The SMILES string of the molecule is COc1ccc(S(=O)(=O)Nc2cc(C)cc3cccnc23)c(C)c1. The lowest BCUT2D eigenvalue weighted by atomic mass is 10.1. The Hall–Kier alpha value is -2.60. The molecule has 1 N–H and O–H groups in total. The average Bonchev–Trinajstić information content (AvgIpc) is 2.53. The highest BCUT2D eigenvalue weighted by Gasteiger charge is 2.19. The highest BCUT2D eigenvalue weighted by atomic mass is 32.2. The zero-order valence-electron chi connectivity index (χ0n) is 13.7. The average molecular weight is 342 g/mol. The van der Waals surface area contributed by atoms with E-state index in [-0.39, 0.29) is 4.90 Å². The summed E-state index contributed by atoms with van der Waals surface area (Å²) >= 11 is 0. The quantitative estimate of drug-likeness (QED) is 0.785. The number of hydrogen-bond donors (Lipinski definition) is 1. The maximum Gasteiger partial charge on any atom is 0.262 e. The van der Waals surface area contributed by atoms with Crippen molar-refractivity contribution in [2.24, 2.45) is 0 Å². The molecule has 3 rings (SSSR count). The van der Waals surface area contributed by atoms with Gasteiger partial charge in [0.25, 0.3) is 10.0 Å². The Balaban J connectivity index is 2.07. The van der Waals surface area contributed by atoms with E-state index in [9.17, 15) is 8.42 Å². The number of aromatic nitrogens is 1. The summed E-state index contributed by atoms with van der Waals surface area (Å²) in [6.07, 6.45) is 1.65. The van der Waals surface area contributed by atoms with Crippen LogP contribution in [0.1, 0.15) is 11.1 Å². The molecule has 2 aromatic carbocycles. The highest BCUT2D eigenvalue weighted by Crippen LogP contribution is 2.27. The molecule has 0 bridgehead atoms. The number of pyridine rings is 1. The van der Waals surface area contributed by atoms with Crippen molar-refractivity contribution in [1.82, 2.24) is 4.98 Å². The van der Waals surface area contributed by atoms with E-state index in [2.05, 4.69) is 9.71 Å². The molecule has 6 heteroatoms. The molecule has 0 radical (unpaired) electrons. The third-order valence-corrected chi connectivity index (χ3v) is 5.29. The minimum atomic E-state index is -3.72. The number of aryl methyl sites for hydroxylation is 2. The molecule has 1 heterocycles. The van der Waals surface area contributed by atoms with Gasteiger partial charge < -0.3 is 4.74 Å². The number of ether oxygens (including phenoxy) is 1. The fourth-order valence-corrected chi connectivity index (χ4v) is 3.96. The van der Waals surface area contributed by atoms with E-state index in [1.54, 1.807) is 44.5 Å². The van der Waals surface area contributed by atoms with Crippen molar-refractivity contribution in [3.63, 3.8) is 0 Å². The number of nitrogens with one attached hydrogen (secondary N) is 1. The summed E-state index contributed by atoms with van der Waals surface area (Å²) in [5.74, 6) is 0.620. The first-order valence-corrected chi connectivity index (χ1v) is 8.92. The minimum Gasteiger partial charge on any atom is -0.497 e. The molecule has 0 aliphatic rings. The van der Waals surface area contributed by atoms with Crippen molar-refractivity contribution >= 4 is 26.6 Å². The maximum atomic E-state index is 12.8. The van der Waals surface area contributed by atoms with Gasteiger partial charge in [-0.25, -0.2) is 8.42 Å². The van der Waals surface area contributed by atoms with Crippen LogP contribution in [0.15, 0.2) is 53.6 Å². The van der Waals surface area contributed by atoms with Gasteiger partial charge in [-0.1, -0.05) is 6.07 Å². The molecule has 1 aromatic heterocycles. The third-order valence-electron chi connectivity index (χ3n) is 3.77. The van der Waals surface area contributed by atoms with Gasteiger partial charge in [0.05, 0.1) is 23.2 Å². The normalized spacial score (nSPS) is 11.5. The summed E-state index contributed by atoms with van der Waals surface area (Å²) in [4.78, 5) is 4.52. The molecule has 24 heavy (non-hydrogen) atoms. The fourth-order valence-electron chi connectivity index (χ4n) is 2.67. The van der Waals surface area contributed by atoms with Crippen molar-refractivity contribution in [3.8, 4) is 5.75 Å². The number of rotatable bonds is 4. The first-order valence-electron chi connectivity index (χ1n) is 7.43. The van der Waals surface area contributed by atoms with Crippen LogP contribution in [0.25, 0.3) is 10.9 Å². The maximum absolute atomic E-state index is 12.8. The van der Waals surface area contributed by atoms with E-state index < -0.39 is 10.0 Å². The van der Waals surface area contributed by atoms with Gasteiger partial charge in [-0.3, -0.25) is 9.71 Å². The van der Waals surface area contributed by atoms with Crippen molar-refractivity contribution in [2.45, 2.75) is 18.7 Å². The number of hydrogen-bond acceptors (Lipinski definition) is 4. The van der Waals surface area contributed by atoms with Crippen molar-refractivity contribution in [2.75, 3.05) is 11.8 Å². The molecular formula is C18H18N2O3S. The summed E-state index contributed by atoms with van der Waals surface area (Å²) in [6.45, 7) is 3.66. The predicted octanol–water partition coefficient (Wildman–Crippen LogP) is 3.66. The van der Waals surface area contributed by atoms with E-state index in [1.165, 1.54) is 0 Å². The second-order valence-electron chi connectivity index (χ2n) is 5.62. The first kappa shape index (κ1) is 16.3. The number of fused-ring (bicyclic) bond motifs is 1. The Bertz CT molecular complexity index is 1010. The Morgan fingerprint density at radius 1 is 1.08 bits per heavy atom. The summed E-state index contributed by atoms with van der Waals surface area (Å²) < 4.78 is 33.4. The van der Waals surface area contributed by atoms with Gasteiger partial charge in [0.2, 0.25) is 0 Å². The second kappa shape index (κ2) is 6.13. The van der Waals surface area contributed by atoms with Gasteiger partial charge >= 0.3 is 0 Å². The molecule has 0 spiro atoms. The van der Waals surface area contributed by atoms with Crippen LogP contribution < -0.4 is 9.46 Å². The number of nitrogens with zero attached hydrogens (tertiary/aromatic N) is 1. The number of anilines is 1. The number of benzene rings is 2. The summed E-state index contributed by atoms with van der Waals surface area (Å²) in [5.41, 5.74) is 2.67. The van der Waals surface area contributed by atoms with E-state index >= 15 is 0 Å². The fraction of sp³-hybridized carbons (Fsp3) is 0.167. The van der Waals surface area contributed by atoms with E-state index in [0.717, 1.165) is 10.9 Å². The number of sulfonamides is 1. The third kappa shape index (κ3) is 3.05. The highest BCUT2D eigenvalue weighted by molar-refractivity contribution is 7.92. The molecule has 0 unspecified atom stereocenters. The van der Waals surface area contributed by atoms with Gasteiger partial charge in [0.15, 0.2) is 0 Å². The van der Waals surface area contributed by atoms with Crippen LogP contribution >= 0.6 is 0 Å². The Kier molecular flexibility index (Phi) is 4.15. The second-order valence-corrected chi connectivity index (χ2v) is 7.28. The first-order chi connectivity index (χ1) is 11.4. The van der Waals surface area contributed by atoms with E-state index in [0.29, 0.717) is 22.5 Å².